The number of anilines is 1. The van der Waals surface area contributed by atoms with Gasteiger partial charge in [0.1, 0.15) is 0 Å². The zero-order chi connectivity index (χ0) is 13.0. The van der Waals surface area contributed by atoms with Crippen molar-refractivity contribution in [3.05, 3.63) is 24.0 Å². The van der Waals surface area contributed by atoms with Crippen LogP contribution in [0.5, 0.6) is 0 Å². The molecule has 1 aromatic heterocycles. The first kappa shape index (κ1) is 12.8. The second-order valence-corrected chi connectivity index (χ2v) is 4.32. The summed E-state index contributed by atoms with van der Waals surface area (Å²) in [4.78, 5) is 18.3. The molecule has 1 unspecified atom stereocenters. The normalized spacial score (nSPS) is 19.7. The van der Waals surface area contributed by atoms with Crippen molar-refractivity contribution in [2.75, 3.05) is 32.1 Å². The molecule has 2 heterocycles. The molecule has 0 saturated carbocycles. The summed E-state index contributed by atoms with van der Waals surface area (Å²) < 4.78 is 5.58. The van der Waals surface area contributed by atoms with E-state index >= 15 is 0 Å². The first-order valence-corrected chi connectivity index (χ1v) is 6.29. The molecule has 1 N–H and O–H groups in total. The van der Waals surface area contributed by atoms with Gasteiger partial charge in [0, 0.05) is 26.3 Å². The third-order valence-corrected chi connectivity index (χ3v) is 3.20. The molecule has 5 nitrogen and oxygen atoms in total. The first-order chi connectivity index (χ1) is 8.76. The summed E-state index contributed by atoms with van der Waals surface area (Å²) in [5.41, 5.74) is 1.44. The number of morpholine rings is 1. The fourth-order valence-corrected chi connectivity index (χ4v) is 2.10. The maximum Gasteiger partial charge on any atom is 0.256 e. The molecule has 5 heteroatoms. The second kappa shape index (κ2) is 5.82. The molecule has 1 aliphatic rings. The van der Waals surface area contributed by atoms with Crippen LogP contribution in [0.25, 0.3) is 0 Å². The molecule has 0 aromatic carbocycles. The van der Waals surface area contributed by atoms with Gasteiger partial charge >= 0.3 is 0 Å². The molecular weight excluding hydrogens is 230 g/mol. The van der Waals surface area contributed by atoms with E-state index in [1.807, 2.05) is 4.90 Å². The van der Waals surface area contributed by atoms with E-state index in [9.17, 15) is 4.79 Å². The Balaban J connectivity index is 2.15. The van der Waals surface area contributed by atoms with Gasteiger partial charge < -0.3 is 15.0 Å². The van der Waals surface area contributed by atoms with Gasteiger partial charge in [0.15, 0.2) is 0 Å². The molecule has 0 bridgehead atoms. The van der Waals surface area contributed by atoms with Gasteiger partial charge in [-0.15, -0.1) is 0 Å². The van der Waals surface area contributed by atoms with Crippen LogP contribution >= 0.6 is 0 Å². The van der Waals surface area contributed by atoms with E-state index in [4.69, 9.17) is 4.74 Å². The Kier molecular flexibility index (Phi) is 4.15. The lowest BCUT2D eigenvalue weighted by molar-refractivity contribution is -0.0226. The Bertz CT molecular complexity index is 422. The van der Waals surface area contributed by atoms with Crippen LogP contribution < -0.4 is 5.32 Å². The number of hydrogen-bond acceptors (Lipinski definition) is 4. The minimum atomic E-state index is 0.0449. The Morgan fingerprint density at radius 1 is 1.67 bits per heavy atom. The van der Waals surface area contributed by atoms with Crippen molar-refractivity contribution in [3.63, 3.8) is 0 Å². The zero-order valence-electron chi connectivity index (χ0n) is 10.8. The fourth-order valence-electron chi connectivity index (χ4n) is 2.10. The van der Waals surface area contributed by atoms with Gasteiger partial charge in [-0.1, -0.05) is 6.92 Å². The molecule has 1 aliphatic heterocycles. The number of nitrogens with zero attached hydrogens (tertiary/aromatic N) is 2. The molecule has 1 fully saturated rings. The van der Waals surface area contributed by atoms with Gasteiger partial charge in [0.2, 0.25) is 0 Å². The van der Waals surface area contributed by atoms with Crippen LogP contribution in [0.15, 0.2) is 18.5 Å². The highest BCUT2D eigenvalue weighted by Crippen LogP contribution is 2.17. The monoisotopic (exact) mass is 249 g/mol. The number of hydrogen-bond donors (Lipinski definition) is 1. The average molecular weight is 249 g/mol. The largest absolute Gasteiger partial charge is 0.386 e. The van der Waals surface area contributed by atoms with Crippen LogP contribution in [0.2, 0.25) is 0 Å². The van der Waals surface area contributed by atoms with Crippen molar-refractivity contribution < 1.29 is 9.53 Å². The predicted octanol–water partition coefficient (Wildman–Crippen LogP) is 1.37. The predicted molar refractivity (Wildman–Crippen MR) is 69.7 cm³/mol. The minimum absolute atomic E-state index is 0.0449. The Labute approximate surface area is 107 Å². The van der Waals surface area contributed by atoms with Crippen molar-refractivity contribution in [1.82, 2.24) is 9.88 Å². The molecule has 98 valence electrons. The number of rotatable bonds is 3. The van der Waals surface area contributed by atoms with Gasteiger partial charge in [-0.05, 0) is 12.5 Å². The number of amides is 1. The van der Waals surface area contributed by atoms with E-state index in [0.29, 0.717) is 25.3 Å². The second-order valence-electron chi connectivity index (χ2n) is 4.32. The van der Waals surface area contributed by atoms with E-state index in [0.717, 1.165) is 12.1 Å². The van der Waals surface area contributed by atoms with E-state index < -0.39 is 0 Å². The van der Waals surface area contributed by atoms with Crippen LogP contribution in [0.1, 0.15) is 23.7 Å². The van der Waals surface area contributed by atoms with Gasteiger partial charge in [0.25, 0.3) is 5.91 Å². The summed E-state index contributed by atoms with van der Waals surface area (Å²) >= 11 is 0. The summed E-state index contributed by atoms with van der Waals surface area (Å²) in [6.07, 6.45) is 4.40. The standard InChI is InChI=1S/C13H19N3O2/c1-3-10-9-16(6-7-18-10)13(17)11-4-5-15-8-12(11)14-2/h4-5,8,10,14H,3,6-7,9H2,1-2H3. The van der Waals surface area contributed by atoms with Gasteiger partial charge in [-0.3, -0.25) is 9.78 Å². The quantitative estimate of drug-likeness (QED) is 0.879. The number of pyridine rings is 1. The highest BCUT2D eigenvalue weighted by Gasteiger charge is 2.25. The highest BCUT2D eigenvalue weighted by atomic mass is 16.5. The summed E-state index contributed by atoms with van der Waals surface area (Å²) in [5, 5.41) is 3.00. The van der Waals surface area contributed by atoms with Crippen molar-refractivity contribution in [2.45, 2.75) is 19.4 Å². The molecule has 0 aliphatic carbocycles. The molecule has 2 rings (SSSR count). The van der Waals surface area contributed by atoms with Crippen LogP contribution in [-0.2, 0) is 4.74 Å². The Morgan fingerprint density at radius 2 is 2.50 bits per heavy atom. The van der Waals surface area contributed by atoms with Crippen LogP contribution in [-0.4, -0.2) is 48.6 Å². The molecule has 1 atom stereocenters. The number of aromatic nitrogens is 1. The third-order valence-electron chi connectivity index (χ3n) is 3.20. The van der Waals surface area contributed by atoms with E-state index in [1.165, 1.54) is 0 Å². The van der Waals surface area contributed by atoms with Crippen LogP contribution in [0.3, 0.4) is 0 Å². The molecule has 1 amide bonds. The van der Waals surface area contributed by atoms with Crippen LogP contribution in [0.4, 0.5) is 5.69 Å². The summed E-state index contributed by atoms with van der Waals surface area (Å²) in [7, 11) is 1.79. The zero-order valence-corrected chi connectivity index (χ0v) is 10.8. The maximum absolute atomic E-state index is 12.4. The molecule has 0 radical (unpaired) electrons. The number of ether oxygens (including phenoxy) is 1. The SMILES string of the molecule is CCC1CN(C(=O)c2ccncc2NC)CCO1. The molecular formula is C13H19N3O2. The summed E-state index contributed by atoms with van der Waals surface area (Å²) in [5.74, 6) is 0.0449. The van der Waals surface area contributed by atoms with E-state index in [-0.39, 0.29) is 12.0 Å². The smallest absolute Gasteiger partial charge is 0.256 e. The van der Waals surface area contributed by atoms with Crippen molar-refractivity contribution >= 4 is 11.6 Å². The molecule has 18 heavy (non-hydrogen) atoms. The molecule has 1 saturated heterocycles. The van der Waals surface area contributed by atoms with Crippen molar-refractivity contribution in [1.29, 1.82) is 0 Å². The van der Waals surface area contributed by atoms with E-state index in [2.05, 4.69) is 17.2 Å². The average Bonchev–Trinajstić information content (AvgIpc) is 2.46. The van der Waals surface area contributed by atoms with Gasteiger partial charge in [-0.2, -0.15) is 0 Å². The van der Waals surface area contributed by atoms with Crippen molar-refractivity contribution in [3.8, 4) is 0 Å². The van der Waals surface area contributed by atoms with Gasteiger partial charge in [-0.25, -0.2) is 0 Å². The molecule has 1 aromatic rings. The lowest BCUT2D eigenvalue weighted by Gasteiger charge is -2.32. The topological polar surface area (TPSA) is 54.5 Å². The highest BCUT2D eigenvalue weighted by molar-refractivity contribution is 5.99. The van der Waals surface area contributed by atoms with E-state index in [1.54, 1.807) is 25.5 Å². The maximum atomic E-state index is 12.4. The Hall–Kier alpha value is -1.62. The lowest BCUT2D eigenvalue weighted by Crippen LogP contribution is -2.45. The summed E-state index contributed by atoms with van der Waals surface area (Å²) in [6.45, 7) is 4.01. The first-order valence-electron chi connectivity index (χ1n) is 6.29. The number of carbonyl (C=O) groups is 1. The van der Waals surface area contributed by atoms with Crippen molar-refractivity contribution in [2.24, 2.45) is 0 Å². The fraction of sp³-hybridized carbons (Fsp3) is 0.538. The Morgan fingerprint density at radius 3 is 3.22 bits per heavy atom. The molecule has 0 spiro atoms. The van der Waals surface area contributed by atoms with Gasteiger partial charge in [0.05, 0.1) is 30.2 Å². The summed E-state index contributed by atoms with van der Waals surface area (Å²) in [6, 6.07) is 1.75. The minimum Gasteiger partial charge on any atom is -0.386 e. The van der Waals surface area contributed by atoms with Crippen LogP contribution in [0, 0.1) is 0 Å². The number of nitrogens with one attached hydrogen (secondary N) is 1. The third kappa shape index (κ3) is 2.61. The lowest BCUT2D eigenvalue weighted by atomic mass is 10.1. The number of carbonyl (C=O) groups excluding carboxylic acids is 1.